The molecule has 3 nitrogen and oxygen atoms in total. The van der Waals surface area contributed by atoms with Crippen LogP contribution in [0.25, 0.3) is 0 Å². The third kappa shape index (κ3) is 1.74. The van der Waals surface area contributed by atoms with E-state index in [9.17, 15) is 0 Å². The number of hydrogen-bond donors (Lipinski definition) is 1. The lowest BCUT2D eigenvalue weighted by molar-refractivity contribution is 0.392. The molecule has 0 unspecified atom stereocenters. The van der Waals surface area contributed by atoms with Crippen LogP contribution < -0.4 is 5.32 Å². The van der Waals surface area contributed by atoms with Crippen LogP contribution in [0.15, 0.2) is 0 Å². The quantitative estimate of drug-likeness (QED) is 0.883. The molecule has 82 valence electrons. The zero-order chi connectivity index (χ0) is 10.5. The number of nitrogens with zero attached hydrogens (tertiary/aromatic N) is 2. The van der Waals surface area contributed by atoms with Crippen molar-refractivity contribution in [3.63, 3.8) is 0 Å². The highest BCUT2D eigenvalue weighted by Crippen LogP contribution is 2.53. The molecule has 15 heavy (non-hydrogen) atoms. The van der Waals surface area contributed by atoms with E-state index in [-0.39, 0.29) is 5.54 Å². The molecule has 2 saturated carbocycles. The summed E-state index contributed by atoms with van der Waals surface area (Å²) in [4.78, 5) is 0. The van der Waals surface area contributed by atoms with E-state index in [4.69, 9.17) is 11.6 Å². The van der Waals surface area contributed by atoms with Gasteiger partial charge in [-0.25, -0.2) is 0 Å². The zero-order valence-corrected chi connectivity index (χ0v) is 10.2. The molecule has 0 aromatic carbocycles. The first kappa shape index (κ1) is 9.85. The molecule has 0 atom stereocenters. The minimum atomic E-state index is 0.208. The van der Waals surface area contributed by atoms with E-state index >= 15 is 0 Å². The molecule has 0 radical (unpaired) electrons. The lowest BCUT2D eigenvalue weighted by Crippen LogP contribution is -2.39. The van der Waals surface area contributed by atoms with Gasteiger partial charge in [-0.1, -0.05) is 11.6 Å². The standard InChI is InChI=1S/C10H14ClN3S/c1-10(6-2-3-6,7-4-5-7)12-9-8(11)13-15-14-9/h6-7H,2-5H2,1H3,(H,12,14). The fraction of sp³-hybridized carbons (Fsp3) is 0.800. The van der Waals surface area contributed by atoms with Crippen molar-refractivity contribution < 1.29 is 0 Å². The molecule has 3 rings (SSSR count). The molecule has 1 aromatic heterocycles. The van der Waals surface area contributed by atoms with E-state index in [1.807, 2.05) is 0 Å². The topological polar surface area (TPSA) is 37.8 Å². The van der Waals surface area contributed by atoms with Crippen molar-refractivity contribution in [3.8, 4) is 0 Å². The van der Waals surface area contributed by atoms with Gasteiger partial charge in [0.25, 0.3) is 0 Å². The molecular weight excluding hydrogens is 230 g/mol. The van der Waals surface area contributed by atoms with Crippen LogP contribution in [-0.4, -0.2) is 14.3 Å². The van der Waals surface area contributed by atoms with Gasteiger partial charge in [0.05, 0.1) is 11.7 Å². The second kappa shape index (κ2) is 3.32. The van der Waals surface area contributed by atoms with Crippen molar-refractivity contribution >= 4 is 29.1 Å². The lowest BCUT2D eigenvalue weighted by Gasteiger charge is -2.31. The summed E-state index contributed by atoms with van der Waals surface area (Å²) < 4.78 is 8.20. The predicted octanol–water partition coefficient (Wildman–Crippen LogP) is 3.18. The van der Waals surface area contributed by atoms with Crippen LogP contribution in [0.3, 0.4) is 0 Å². The number of anilines is 1. The summed E-state index contributed by atoms with van der Waals surface area (Å²) in [6.07, 6.45) is 5.37. The lowest BCUT2D eigenvalue weighted by atomic mass is 9.90. The van der Waals surface area contributed by atoms with Crippen LogP contribution in [0.1, 0.15) is 32.6 Å². The highest BCUT2D eigenvalue weighted by Gasteiger charge is 2.51. The van der Waals surface area contributed by atoms with Crippen LogP contribution in [0.4, 0.5) is 5.82 Å². The van der Waals surface area contributed by atoms with Crippen LogP contribution in [0.2, 0.25) is 5.15 Å². The SMILES string of the molecule is CC(Nc1nsnc1Cl)(C1CC1)C1CC1. The van der Waals surface area contributed by atoms with Crippen molar-refractivity contribution in [2.75, 3.05) is 5.32 Å². The highest BCUT2D eigenvalue weighted by molar-refractivity contribution is 6.99. The van der Waals surface area contributed by atoms with Crippen LogP contribution in [-0.2, 0) is 0 Å². The monoisotopic (exact) mass is 243 g/mol. The average molecular weight is 244 g/mol. The van der Waals surface area contributed by atoms with Gasteiger partial charge in [0.2, 0.25) is 0 Å². The van der Waals surface area contributed by atoms with Crippen LogP contribution in [0.5, 0.6) is 0 Å². The van der Waals surface area contributed by atoms with Gasteiger partial charge in [-0.15, -0.1) is 0 Å². The Morgan fingerprint density at radius 1 is 1.27 bits per heavy atom. The van der Waals surface area contributed by atoms with E-state index in [0.29, 0.717) is 5.15 Å². The maximum atomic E-state index is 5.97. The Morgan fingerprint density at radius 3 is 2.27 bits per heavy atom. The highest BCUT2D eigenvalue weighted by atomic mass is 35.5. The smallest absolute Gasteiger partial charge is 0.186 e. The summed E-state index contributed by atoms with van der Waals surface area (Å²) in [5.74, 6) is 2.40. The number of aromatic nitrogens is 2. The molecule has 2 fully saturated rings. The summed E-state index contributed by atoms with van der Waals surface area (Å²) in [6, 6.07) is 0. The predicted molar refractivity (Wildman–Crippen MR) is 62.4 cm³/mol. The molecule has 1 aromatic rings. The van der Waals surface area contributed by atoms with Gasteiger partial charge in [-0.2, -0.15) is 8.75 Å². The molecule has 0 spiro atoms. The van der Waals surface area contributed by atoms with Gasteiger partial charge in [0.1, 0.15) is 0 Å². The molecule has 0 saturated heterocycles. The Kier molecular flexibility index (Phi) is 2.18. The van der Waals surface area contributed by atoms with Crippen molar-refractivity contribution in [2.45, 2.75) is 38.1 Å². The van der Waals surface area contributed by atoms with E-state index in [1.165, 1.54) is 37.4 Å². The maximum absolute atomic E-state index is 5.97. The Hall–Kier alpha value is -0.350. The molecule has 0 bridgehead atoms. The van der Waals surface area contributed by atoms with Crippen LogP contribution in [0, 0.1) is 11.8 Å². The molecule has 0 aliphatic heterocycles. The molecule has 5 heteroatoms. The molecule has 2 aliphatic rings. The first-order valence-electron chi connectivity index (χ1n) is 5.46. The first-order chi connectivity index (χ1) is 7.20. The largest absolute Gasteiger partial charge is 0.361 e. The van der Waals surface area contributed by atoms with E-state index in [2.05, 4.69) is 21.0 Å². The van der Waals surface area contributed by atoms with Gasteiger partial charge in [-0.05, 0) is 44.4 Å². The summed E-state index contributed by atoms with van der Waals surface area (Å²) >= 11 is 7.15. The normalized spacial score (nSPS) is 21.7. The minimum Gasteiger partial charge on any atom is -0.361 e. The molecule has 1 N–H and O–H groups in total. The first-order valence-corrected chi connectivity index (χ1v) is 6.57. The number of rotatable bonds is 4. The Balaban J connectivity index is 1.81. The molecule has 0 amide bonds. The fourth-order valence-corrected chi connectivity index (χ4v) is 3.06. The zero-order valence-electron chi connectivity index (χ0n) is 8.66. The Labute approximate surface area is 98.6 Å². The van der Waals surface area contributed by atoms with Gasteiger partial charge in [0.15, 0.2) is 11.0 Å². The van der Waals surface area contributed by atoms with Gasteiger partial charge in [0, 0.05) is 5.54 Å². The Bertz CT molecular complexity index is 358. The van der Waals surface area contributed by atoms with Crippen molar-refractivity contribution in [2.24, 2.45) is 11.8 Å². The molecule has 2 aliphatic carbocycles. The van der Waals surface area contributed by atoms with Crippen molar-refractivity contribution in [1.82, 2.24) is 8.75 Å². The Morgan fingerprint density at radius 2 is 1.87 bits per heavy atom. The number of nitrogens with one attached hydrogen (secondary N) is 1. The minimum absolute atomic E-state index is 0.208. The second-order valence-electron chi connectivity index (χ2n) is 4.86. The third-order valence-corrected chi connectivity index (χ3v) is 4.58. The molecule has 1 heterocycles. The number of halogens is 1. The molecular formula is C10H14ClN3S. The number of hydrogen-bond acceptors (Lipinski definition) is 4. The van der Waals surface area contributed by atoms with Crippen LogP contribution >= 0.6 is 23.3 Å². The average Bonchev–Trinajstić information content (AvgIpc) is 3.08. The van der Waals surface area contributed by atoms with Gasteiger partial charge >= 0.3 is 0 Å². The summed E-state index contributed by atoms with van der Waals surface area (Å²) in [6.45, 7) is 2.32. The van der Waals surface area contributed by atoms with Gasteiger partial charge < -0.3 is 5.32 Å². The summed E-state index contributed by atoms with van der Waals surface area (Å²) in [5.41, 5.74) is 0.208. The summed E-state index contributed by atoms with van der Waals surface area (Å²) in [7, 11) is 0. The third-order valence-electron chi connectivity index (χ3n) is 3.69. The summed E-state index contributed by atoms with van der Waals surface area (Å²) in [5, 5.41) is 4.05. The van der Waals surface area contributed by atoms with E-state index < -0.39 is 0 Å². The van der Waals surface area contributed by atoms with Crippen molar-refractivity contribution in [1.29, 1.82) is 0 Å². The van der Waals surface area contributed by atoms with E-state index in [1.54, 1.807) is 0 Å². The van der Waals surface area contributed by atoms with E-state index in [0.717, 1.165) is 17.7 Å². The second-order valence-corrected chi connectivity index (χ2v) is 5.75. The fourth-order valence-electron chi connectivity index (χ4n) is 2.41. The van der Waals surface area contributed by atoms with Gasteiger partial charge in [-0.3, -0.25) is 0 Å². The van der Waals surface area contributed by atoms with Crippen molar-refractivity contribution in [3.05, 3.63) is 5.15 Å². The maximum Gasteiger partial charge on any atom is 0.186 e.